The average Bonchev–Trinajstić information content (AvgIpc) is 2.57. The van der Waals surface area contributed by atoms with Gasteiger partial charge in [0, 0.05) is 17.3 Å². The molecule has 4 heteroatoms. The summed E-state index contributed by atoms with van der Waals surface area (Å²) in [6, 6.07) is 0.508. The van der Waals surface area contributed by atoms with Crippen LogP contribution in [0.25, 0.3) is 0 Å². The van der Waals surface area contributed by atoms with Gasteiger partial charge < -0.3 is 10.2 Å². The van der Waals surface area contributed by atoms with Crippen LogP contribution < -0.4 is 5.32 Å². The summed E-state index contributed by atoms with van der Waals surface area (Å²) in [4.78, 5) is 6.81. The lowest BCUT2D eigenvalue weighted by atomic mass is 10.0. The zero-order valence-electron chi connectivity index (χ0n) is 10.5. The van der Waals surface area contributed by atoms with E-state index in [1.54, 1.807) is 0 Å². The Morgan fingerprint density at radius 1 is 1.60 bits per heavy atom. The third kappa shape index (κ3) is 3.68. The maximum absolute atomic E-state index is 4.61. The van der Waals surface area contributed by atoms with E-state index in [1.807, 2.05) is 11.8 Å². The van der Waals surface area contributed by atoms with E-state index in [9.17, 15) is 0 Å². The van der Waals surface area contributed by atoms with E-state index >= 15 is 0 Å². The summed E-state index contributed by atoms with van der Waals surface area (Å²) in [6.07, 6.45) is 1.16. The smallest absolute Gasteiger partial charge is 0.157 e. The molecule has 1 rings (SSSR count). The van der Waals surface area contributed by atoms with Gasteiger partial charge in [0.1, 0.15) is 0 Å². The first-order chi connectivity index (χ1) is 6.97. The van der Waals surface area contributed by atoms with Gasteiger partial charge in [0.2, 0.25) is 0 Å². The van der Waals surface area contributed by atoms with E-state index in [4.69, 9.17) is 0 Å². The third-order valence-electron chi connectivity index (χ3n) is 3.10. The van der Waals surface area contributed by atoms with Gasteiger partial charge in [-0.1, -0.05) is 18.7 Å². The number of likely N-dealkylation sites (N-methyl/N-ethyl adjacent to an activating group) is 1. The zero-order chi connectivity index (χ0) is 11.5. The highest BCUT2D eigenvalue weighted by molar-refractivity contribution is 8.14. The summed E-state index contributed by atoms with van der Waals surface area (Å²) >= 11 is 1.85. The Morgan fingerprint density at radius 2 is 2.27 bits per heavy atom. The number of nitrogens with zero attached hydrogens (tertiary/aromatic N) is 2. The van der Waals surface area contributed by atoms with Crippen LogP contribution in [0.1, 0.15) is 27.2 Å². The van der Waals surface area contributed by atoms with Crippen LogP contribution in [0, 0.1) is 0 Å². The first-order valence-electron chi connectivity index (χ1n) is 5.59. The number of nitrogens with one attached hydrogen (secondary N) is 1. The molecule has 2 atom stereocenters. The molecule has 0 aromatic rings. The molecule has 1 fully saturated rings. The van der Waals surface area contributed by atoms with Crippen molar-refractivity contribution in [2.45, 2.75) is 38.8 Å². The molecule has 1 heterocycles. The van der Waals surface area contributed by atoms with Crippen LogP contribution in [0.4, 0.5) is 0 Å². The Labute approximate surface area is 97.7 Å². The van der Waals surface area contributed by atoms with Crippen LogP contribution in [0.15, 0.2) is 4.99 Å². The van der Waals surface area contributed by atoms with E-state index in [2.05, 4.69) is 50.1 Å². The van der Waals surface area contributed by atoms with Gasteiger partial charge in [-0.25, -0.2) is 0 Å². The molecule has 0 saturated carbocycles. The fraction of sp³-hybridized carbons (Fsp3) is 0.909. The van der Waals surface area contributed by atoms with Gasteiger partial charge in [-0.3, -0.25) is 4.99 Å². The Bertz CT molecular complexity index is 240. The second-order valence-corrected chi connectivity index (χ2v) is 5.75. The monoisotopic (exact) mass is 229 g/mol. The molecule has 1 saturated heterocycles. The summed E-state index contributed by atoms with van der Waals surface area (Å²) in [5.41, 5.74) is 0.255. The lowest BCUT2D eigenvalue weighted by Gasteiger charge is -2.21. The van der Waals surface area contributed by atoms with Gasteiger partial charge in [-0.2, -0.15) is 0 Å². The van der Waals surface area contributed by atoms with Crippen LogP contribution in [0.5, 0.6) is 0 Å². The average molecular weight is 229 g/mol. The Hall–Kier alpha value is -0.220. The fourth-order valence-corrected chi connectivity index (χ4v) is 2.43. The minimum atomic E-state index is 0.255. The number of amidine groups is 1. The first-order valence-corrected chi connectivity index (χ1v) is 6.57. The number of aliphatic imine (C=N–C) groups is 1. The molecule has 0 aromatic carbocycles. The van der Waals surface area contributed by atoms with Gasteiger partial charge in [-0.15, -0.1) is 0 Å². The quantitative estimate of drug-likeness (QED) is 0.796. The van der Waals surface area contributed by atoms with Crippen molar-refractivity contribution in [2.24, 2.45) is 4.99 Å². The van der Waals surface area contributed by atoms with Crippen molar-refractivity contribution in [3.8, 4) is 0 Å². The van der Waals surface area contributed by atoms with E-state index in [0.29, 0.717) is 6.04 Å². The Balaban J connectivity index is 2.43. The molecule has 0 radical (unpaired) electrons. The maximum atomic E-state index is 4.61. The molecule has 0 amide bonds. The summed E-state index contributed by atoms with van der Waals surface area (Å²) < 4.78 is 0. The second kappa shape index (κ2) is 5.21. The molecular weight excluding hydrogens is 206 g/mol. The molecule has 0 spiro atoms. The van der Waals surface area contributed by atoms with Crippen LogP contribution in [0.2, 0.25) is 0 Å². The highest BCUT2D eigenvalue weighted by Gasteiger charge is 2.30. The normalized spacial score (nSPS) is 30.9. The van der Waals surface area contributed by atoms with Crippen molar-refractivity contribution in [2.75, 3.05) is 26.4 Å². The topological polar surface area (TPSA) is 27.6 Å². The molecule has 1 aliphatic heterocycles. The molecule has 15 heavy (non-hydrogen) atoms. The SMILES string of the molecule is CCC1(C)CSC(=NCC(C)N(C)C)N1. The van der Waals surface area contributed by atoms with Gasteiger partial charge >= 0.3 is 0 Å². The highest BCUT2D eigenvalue weighted by atomic mass is 32.2. The predicted octanol–water partition coefficient (Wildman–Crippen LogP) is 1.80. The number of rotatable bonds is 4. The van der Waals surface area contributed by atoms with Crippen LogP contribution in [0.3, 0.4) is 0 Å². The summed E-state index contributed by atoms with van der Waals surface area (Å²) in [6.45, 7) is 7.56. The Kier molecular flexibility index (Phi) is 4.46. The van der Waals surface area contributed by atoms with Crippen molar-refractivity contribution in [3.63, 3.8) is 0 Å². The standard InChI is InChI=1S/C11H23N3S/c1-6-11(3)8-15-10(13-11)12-7-9(2)14(4)5/h9H,6-8H2,1-5H3,(H,12,13). The number of thioether (sulfide) groups is 1. The molecule has 0 aliphatic carbocycles. The minimum Gasteiger partial charge on any atom is -0.359 e. The molecular formula is C11H23N3S. The van der Waals surface area contributed by atoms with Crippen molar-refractivity contribution < 1.29 is 0 Å². The van der Waals surface area contributed by atoms with Crippen molar-refractivity contribution in [3.05, 3.63) is 0 Å². The van der Waals surface area contributed by atoms with Crippen molar-refractivity contribution in [1.82, 2.24) is 10.2 Å². The largest absolute Gasteiger partial charge is 0.359 e. The number of hydrogen-bond acceptors (Lipinski definition) is 3. The summed E-state index contributed by atoms with van der Waals surface area (Å²) in [5, 5.41) is 4.62. The van der Waals surface area contributed by atoms with Crippen LogP contribution in [-0.4, -0.2) is 48.0 Å². The predicted molar refractivity (Wildman–Crippen MR) is 69.7 cm³/mol. The summed E-state index contributed by atoms with van der Waals surface area (Å²) in [5.74, 6) is 1.14. The lowest BCUT2D eigenvalue weighted by molar-refractivity contribution is 0.321. The summed E-state index contributed by atoms with van der Waals surface area (Å²) in [7, 11) is 4.19. The third-order valence-corrected chi connectivity index (χ3v) is 4.38. The lowest BCUT2D eigenvalue weighted by Crippen LogP contribution is -2.40. The van der Waals surface area contributed by atoms with Crippen LogP contribution in [-0.2, 0) is 0 Å². The zero-order valence-corrected chi connectivity index (χ0v) is 11.3. The van der Waals surface area contributed by atoms with Gasteiger partial charge in [-0.05, 0) is 34.4 Å². The molecule has 88 valence electrons. The van der Waals surface area contributed by atoms with Gasteiger partial charge in [0.25, 0.3) is 0 Å². The number of hydrogen-bond donors (Lipinski definition) is 1. The molecule has 3 nitrogen and oxygen atoms in total. The van der Waals surface area contributed by atoms with Gasteiger partial charge in [0.15, 0.2) is 5.17 Å². The maximum Gasteiger partial charge on any atom is 0.157 e. The van der Waals surface area contributed by atoms with Gasteiger partial charge in [0.05, 0.1) is 6.54 Å². The molecule has 0 bridgehead atoms. The highest BCUT2D eigenvalue weighted by Crippen LogP contribution is 2.25. The van der Waals surface area contributed by atoms with E-state index in [-0.39, 0.29) is 5.54 Å². The molecule has 2 unspecified atom stereocenters. The van der Waals surface area contributed by atoms with E-state index in [0.717, 1.165) is 23.9 Å². The first kappa shape index (κ1) is 12.8. The molecule has 1 aliphatic rings. The molecule has 1 N–H and O–H groups in total. The minimum absolute atomic E-state index is 0.255. The molecule has 0 aromatic heterocycles. The van der Waals surface area contributed by atoms with Crippen molar-refractivity contribution >= 4 is 16.9 Å². The second-order valence-electron chi connectivity index (χ2n) is 4.79. The Morgan fingerprint density at radius 3 is 2.73 bits per heavy atom. The van der Waals surface area contributed by atoms with Crippen molar-refractivity contribution in [1.29, 1.82) is 0 Å². The van der Waals surface area contributed by atoms with E-state index < -0.39 is 0 Å². The van der Waals surface area contributed by atoms with E-state index in [1.165, 1.54) is 0 Å². The fourth-order valence-electron chi connectivity index (χ4n) is 1.21. The van der Waals surface area contributed by atoms with Crippen LogP contribution >= 0.6 is 11.8 Å².